The van der Waals surface area contributed by atoms with Gasteiger partial charge in [-0.25, -0.2) is 0 Å². The van der Waals surface area contributed by atoms with Crippen LogP contribution in [0.25, 0.3) is 0 Å². The molecule has 0 aliphatic carbocycles. The first kappa shape index (κ1) is 13.9. The molecule has 2 nitrogen and oxygen atoms in total. The molecule has 108 valence electrons. The minimum atomic E-state index is 0. The number of benzene rings is 2. The number of aryl methyl sites for hydroxylation is 1. The van der Waals surface area contributed by atoms with Crippen molar-refractivity contribution in [1.82, 2.24) is 0 Å². The maximum absolute atomic E-state index is 9.08. The number of rotatable bonds is 2. The molecule has 0 spiro atoms. The topological polar surface area (TPSA) is 32.6 Å². The average Bonchev–Trinajstić information content (AvgIpc) is 2.34. The van der Waals surface area contributed by atoms with Gasteiger partial charge in [0.25, 0.3) is 0 Å². The van der Waals surface area contributed by atoms with Gasteiger partial charge in [0.15, 0.2) is 0 Å². The van der Waals surface area contributed by atoms with Crippen LogP contribution < -0.4 is 0 Å². The van der Waals surface area contributed by atoms with Gasteiger partial charge in [-0.1, -0.05) is 35.0 Å². The summed E-state index contributed by atoms with van der Waals surface area (Å²) in [5.74, 6) is 0. The third kappa shape index (κ3) is 2.48. The Morgan fingerprint density at radius 2 is 1.44 bits per heavy atom. The molecule has 0 amide bonds. The van der Waals surface area contributed by atoms with Gasteiger partial charge in [-0.05, 0) is 6.92 Å². The van der Waals surface area contributed by atoms with Crippen LogP contribution in [0.3, 0.4) is 0 Å². The Labute approximate surface area is 94.9 Å². The molecule has 0 atom stereocenters. The summed E-state index contributed by atoms with van der Waals surface area (Å²) in [7, 11) is 0. The molecule has 0 aromatic heterocycles. The van der Waals surface area contributed by atoms with Crippen molar-refractivity contribution >= 4 is 5.71 Å². The van der Waals surface area contributed by atoms with Crippen LogP contribution in [-0.4, -0.2) is 10.9 Å². The fourth-order valence-electron chi connectivity index (χ4n) is 1.54. The Balaban J connectivity index is 0.00000144. The van der Waals surface area contributed by atoms with Gasteiger partial charge < -0.3 is 5.21 Å². The third-order valence-corrected chi connectivity index (χ3v) is 2.42. The van der Waals surface area contributed by atoms with Gasteiger partial charge in [0.05, 0.1) is 5.71 Å². The van der Waals surface area contributed by atoms with Crippen molar-refractivity contribution in [3.05, 3.63) is 71.3 Å². The molecule has 0 unspecified atom stereocenters. The van der Waals surface area contributed by atoms with E-state index >= 15 is 0 Å². The summed E-state index contributed by atoms with van der Waals surface area (Å²) in [6.45, 7) is 2.02. The summed E-state index contributed by atoms with van der Waals surface area (Å²) in [6.07, 6.45) is 0. The van der Waals surface area contributed by atoms with Crippen molar-refractivity contribution < 1.29 is 5.21 Å². The second-order valence-electron chi connectivity index (χ2n) is 3.60. The van der Waals surface area contributed by atoms with Crippen molar-refractivity contribution in [3.8, 4) is 0 Å². The first-order valence-electron chi connectivity index (χ1n) is 5.07. The summed E-state index contributed by atoms with van der Waals surface area (Å²) in [5, 5.41) is 12.4. The van der Waals surface area contributed by atoms with Crippen LogP contribution in [0.5, 0.6) is 0 Å². The molecule has 1 N–H and O–H groups in total. The van der Waals surface area contributed by atoms with Gasteiger partial charge >= 0.3 is 0 Å². The van der Waals surface area contributed by atoms with E-state index in [-0.39, 0.29) is 0 Å². The van der Waals surface area contributed by atoms with E-state index < -0.39 is 0 Å². The van der Waals surface area contributed by atoms with E-state index in [9.17, 15) is 0 Å². The fraction of sp³-hybridized carbons (Fsp3) is 0.0714. The Hall–Kier alpha value is -4.09. The second kappa shape index (κ2) is 5.71. The fourth-order valence-corrected chi connectivity index (χ4v) is 1.54. The van der Waals surface area contributed by atoms with E-state index in [0.29, 0.717) is 5.71 Å². The first-order valence-corrected chi connectivity index (χ1v) is 5.07. The van der Waals surface area contributed by atoms with Crippen LogP contribution in [-0.2, 0) is 0 Å². The summed E-state index contributed by atoms with van der Waals surface area (Å²) in [4.78, 5) is 0. The van der Waals surface area contributed by atoms with E-state index in [4.69, 9.17) is 5.21 Å². The van der Waals surface area contributed by atoms with Crippen LogP contribution in [0.2, 0.25) is 0 Å². The zero-order chi connectivity index (χ0) is 11.4. The standard InChI is InChI=1S/C14H12NO.2No/c1-11-7-9-13(10-8-11)14(15-16)12-5-3-2-4-6-12;;/h3-10,16H,1H3;;/q-1;;/b15-14+;;. The van der Waals surface area contributed by atoms with Gasteiger partial charge in [-0.2, -0.15) is 30.3 Å². The van der Waals surface area contributed by atoms with Crippen molar-refractivity contribution in [2.75, 3.05) is 0 Å². The van der Waals surface area contributed by atoms with Gasteiger partial charge in [0, 0.05) is 5.56 Å². The molecule has 0 saturated carbocycles. The molecule has 0 radical (unpaired) electrons. The van der Waals surface area contributed by atoms with Crippen molar-refractivity contribution in [2.45, 2.75) is 6.92 Å². The molecule has 2 aromatic rings. The van der Waals surface area contributed by atoms with Crippen LogP contribution in [0.1, 0.15) is 16.7 Å². The van der Waals surface area contributed by atoms with E-state index in [1.165, 1.54) is 5.56 Å². The average molecular weight is 728 g/mol. The Bertz CT molecular complexity index is 495. The number of hydrogen-bond acceptors (Lipinski definition) is 2. The Kier molecular flexibility index (Phi) is 4.41. The zero-order valence-electron chi connectivity index (χ0n) is 9.55. The molecular weight excluding hydrogens is 716 g/mol. The maximum Gasteiger partial charge on any atom is 0.0926 e. The predicted molar refractivity (Wildman–Crippen MR) is 63.9 cm³/mol. The van der Waals surface area contributed by atoms with Crippen LogP contribution >= 0.6 is 0 Å². The van der Waals surface area contributed by atoms with Gasteiger partial charge in [-0.15, -0.1) is 5.56 Å². The third-order valence-electron chi connectivity index (χ3n) is 2.42. The summed E-state index contributed by atoms with van der Waals surface area (Å²) in [6, 6.07) is 18.2. The molecule has 0 aliphatic rings. The molecule has 18 heavy (non-hydrogen) atoms. The van der Waals surface area contributed by atoms with Crippen molar-refractivity contribution in [1.29, 1.82) is 0 Å². The second-order valence-corrected chi connectivity index (χ2v) is 3.60. The molecule has 0 fully saturated rings. The summed E-state index contributed by atoms with van der Waals surface area (Å²) >= 11 is 0. The molecule has 0 aliphatic heterocycles. The number of nitrogens with zero attached hydrogens (tertiary/aromatic N) is 1. The van der Waals surface area contributed by atoms with Crippen molar-refractivity contribution in [2.24, 2.45) is 5.16 Å². The van der Waals surface area contributed by atoms with E-state index in [2.05, 4.69) is 11.2 Å². The van der Waals surface area contributed by atoms with Gasteiger partial charge in [0.2, 0.25) is 0 Å². The van der Waals surface area contributed by atoms with E-state index in [0.717, 1.165) is 11.1 Å². The summed E-state index contributed by atoms with van der Waals surface area (Å²) in [5.41, 5.74) is 3.54. The van der Waals surface area contributed by atoms with Gasteiger partial charge in [-0.3, -0.25) is 0 Å². The van der Waals surface area contributed by atoms with Crippen LogP contribution in [0.15, 0.2) is 53.7 Å². The predicted octanol–water partition coefficient (Wildman–Crippen LogP) is 3.02. The van der Waals surface area contributed by atoms with Crippen molar-refractivity contribution in [3.63, 3.8) is 0 Å². The smallest absolute Gasteiger partial charge is 0.0926 e. The summed E-state index contributed by atoms with van der Waals surface area (Å²) < 4.78 is 0. The normalized spacial score (nSPS) is 10.2. The largest absolute Gasteiger partial charge is 0.410 e. The SMILES string of the molecule is Cc1ccc(/C(=N/O)c2cc[c-]cc2)cc1.[No].[No]. The molecule has 0 saturated heterocycles. The Morgan fingerprint density at radius 1 is 0.944 bits per heavy atom. The number of oxime groups is 1. The molecule has 4 heteroatoms. The quantitative estimate of drug-likeness (QED) is 0.220. The molecule has 0 heterocycles. The first-order chi connectivity index (χ1) is 7.81. The van der Waals surface area contributed by atoms with Gasteiger partial charge in [0.1, 0.15) is 0 Å². The van der Waals surface area contributed by atoms with Crippen LogP contribution in [0, 0.1) is 13.0 Å². The molecule has 2 aromatic carbocycles. The Morgan fingerprint density at radius 3 is 1.94 bits per heavy atom. The molecule has 0 bridgehead atoms. The molecular formula is C14H12NNo2O-. The minimum Gasteiger partial charge on any atom is -0.410 e. The molecule has 2 rings (SSSR count). The maximum atomic E-state index is 9.08. The number of hydrogen-bond donors (Lipinski definition) is 1. The van der Waals surface area contributed by atoms with E-state index in [1.54, 1.807) is 12.1 Å². The monoisotopic (exact) mass is 728 g/mol. The minimum absolute atomic E-state index is 0. The zero-order valence-corrected chi connectivity index (χ0v) is 14.0. The van der Waals surface area contributed by atoms with Crippen LogP contribution in [0.4, 0.5) is 0 Å². The van der Waals surface area contributed by atoms with E-state index in [1.807, 2.05) is 43.3 Å².